The fourth-order valence-electron chi connectivity index (χ4n) is 1.05. The van der Waals surface area contributed by atoms with Gasteiger partial charge >= 0.3 is 0 Å². The Labute approximate surface area is 59.1 Å². The molecular formula is C7H7N2O. The minimum absolute atomic E-state index is 0.0914. The summed E-state index contributed by atoms with van der Waals surface area (Å²) in [5.74, 6) is 0.350. The number of allylic oxidation sites excluding steroid dienone is 1. The fraction of sp³-hybridized carbons (Fsp3) is 0.429. The van der Waals surface area contributed by atoms with Crippen LogP contribution >= 0.6 is 0 Å². The Bertz CT molecular complexity index is 186. The SMILES string of the molecule is [C]1=CC2CC=COC2N=N1. The van der Waals surface area contributed by atoms with Gasteiger partial charge in [0, 0.05) is 5.92 Å². The zero-order valence-corrected chi connectivity index (χ0v) is 5.40. The van der Waals surface area contributed by atoms with Crippen LogP contribution in [-0.2, 0) is 4.74 Å². The van der Waals surface area contributed by atoms with Crippen LogP contribution in [0.25, 0.3) is 0 Å². The van der Waals surface area contributed by atoms with E-state index in [4.69, 9.17) is 4.74 Å². The van der Waals surface area contributed by atoms with Gasteiger partial charge in [-0.3, -0.25) is 0 Å². The largest absolute Gasteiger partial charge is 0.474 e. The second-order valence-electron chi connectivity index (χ2n) is 2.31. The lowest BCUT2D eigenvalue weighted by Crippen LogP contribution is -2.21. The molecule has 0 saturated carbocycles. The van der Waals surface area contributed by atoms with Crippen LogP contribution in [0.1, 0.15) is 6.42 Å². The molecule has 0 spiro atoms. The van der Waals surface area contributed by atoms with Crippen LogP contribution in [-0.4, -0.2) is 6.23 Å². The molecule has 2 aliphatic heterocycles. The molecule has 3 nitrogen and oxygen atoms in total. The monoisotopic (exact) mass is 135 g/mol. The quantitative estimate of drug-likeness (QED) is 0.497. The zero-order chi connectivity index (χ0) is 6.81. The number of azo groups is 1. The standard InChI is InChI=1S/C7H7N2O/c1-2-6-3-4-8-9-7(6)10-5-1/h1,3,5-7H,2H2. The molecule has 0 aromatic rings. The van der Waals surface area contributed by atoms with Crippen LogP contribution in [0.15, 0.2) is 28.6 Å². The van der Waals surface area contributed by atoms with Crippen molar-refractivity contribution in [3.05, 3.63) is 24.6 Å². The Balaban J connectivity index is 2.19. The summed E-state index contributed by atoms with van der Waals surface area (Å²) in [6.07, 6.45) is 9.16. The third kappa shape index (κ3) is 0.835. The maximum atomic E-state index is 5.17. The summed E-state index contributed by atoms with van der Waals surface area (Å²) in [5.41, 5.74) is 0. The van der Waals surface area contributed by atoms with E-state index in [1.807, 2.05) is 12.2 Å². The van der Waals surface area contributed by atoms with Crippen molar-refractivity contribution in [3.8, 4) is 0 Å². The number of ether oxygens (including phenoxy) is 1. The van der Waals surface area contributed by atoms with Gasteiger partial charge in [-0.25, -0.2) is 0 Å². The molecule has 10 heavy (non-hydrogen) atoms. The number of nitrogens with zero attached hydrogens (tertiary/aromatic N) is 2. The van der Waals surface area contributed by atoms with Crippen molar-refractivity contribution in [2.45, 2.75) is 12.6 Å². The highest BCUT2D eigenvalue weighted by Crippen LogP contribution is 2.23. The lowest BCUT2D eigenvalue weighted by molar-refractivity contribution is 0.0897. The average Bonchev–Trinajstić information content (AvgIpc) is 2.05. The molecule has 0 aliphatic carbocycles. The van der Waals surface area contributed by atoms with Crippen molar-refractivity contribution < 1.29 is 4.74 Å². The Kier molecular flexibility index (Phi) is 1.27. The van der Waals surface area contributed by atoms with E-state index in [0.717, 1.165) is 6.42 Å². The Morgan fingerprint density at radius 2 is 2.60 bits per heavy atom. The average molecular weight is 135 g/mol. The maximum Gasteiger partial charge on any atom is 0.214 e. The van der Waals surface area contributed by atoms with Crippen LogP contribution in [0.3, 0.4) is 0 Å². The Morgan fingerprint density at radius 3 is 3.50 bits per heavy atom. The smallest absolute Gasteiger partial charge is 0.214 e. The van der Waals surface area contributed by atoms with Gasteiger partial charge in [0.05, 0.1) is 6.26 Å². The summed E-state index contributed by atoms with van der Waals surface area (Å²) >= 11 is 0. The second kappa shape index (κ2) is 2.25. The molecule has 3 heteroatoms. The minimum Gasteiger partial charge on any atom is -0.474 e. The van der Waals surface area contributed by atoms with Crippen LogP contribution in [0.5, 0.6) is 0 Å². The highest BCUT2D eigenvalue weighted by molar-refractivity contribution is 4.97. The van der Waals surface area contributed by atoms with Crippen molar-refractivity contribution in [2.75, 3.05) is 0 Å². The third-order valence-corrected chi connectivity index (χ3v) is 1.61. The van der Waals surface area contributed by atoms with Crippen molar-refractivity contribution in [2.24, 2.45) is 16.1 Å². The lowest BCUT2D eigenvalue weighted by Gasteiger charge is -2.22. The highest BCUT2D eigenvalue weighted by Gasteiger charge is 2.22. The van der Waals surface area contributed by atoms with E-state index in [9.17, 15) is 0 Å². The fourth-order valence-corrected chi connectivity index (χ4v) is 1.05. The summed E-state index contributed by atoms with van der Waals surface area (Å²) in [4.78, 5) is 0. The Morgan fingerprint density at radius 1 is 1.60 bits per heavy atom. The molecule has 51 valence electrons. The van der Waals surface area contributed by atoms with E-state index < -0.39 is 0 Å². The van der Waals surface area contributed by atoms with Gasteiger partial charge in [-0.2, -0.15) is 5.11 Å². The molecular weight excluding hydrogens is 128 g/mol. The first-order valence-electron chi connectivity index (χ1n) is 3.26. The predicted octanol–water partition coefficient (Wildman–Crippen LogP) is 1.65. The zero-order valence-electron chi connectivity index (χ0n) is 5.40. The van der Waals surface area contributed by atoms with Crippen LogP contribution in [0, 0.1) is 12.1 Å². The van der Waals surface area contributed by atoms with Gasteiger partial charge in [0.25, 0.3) is 0 Å². The first-order chi connectivity index (χ1) is 4.97. The molecule has 0 aromatic carbocycles. The molecule has 2 heterocycles. The van der Waals surface area contributed by atoms with E-state index >= 15 is 0 Å². The molecule has 0 N–H and O–H groups in total. The van der Waals surface area contributed by atoms with Crippen molar-refractivity contribution in [3.63, 3.8) is 0 Å². The topological polar surface area (TPSA) is 34.0 Å². The van der Waals surface area contributed by atoms with Gasteiger partial charge in [-0.05, 0) is 18.6 Å². The van der Waals surface area contributed by atoms with E-state index in [2.05, 4.69) is 16.4 Å². The molecule has 0 fully saturated rings. The summed E-state index contributed by atoms with van der Waals surface area (Å²) in [6.45, 7) is 0. The van der Waals surface area contributed by atoms with Crippen LogP contribution in [0.2, 0.25) is 0 Å². The second-order valence-corrected chi connectivity index (χ2v) is 2.31. The molecule has 2 atom stereocenters. The van der Waals surface area contributed by atoms with E-state index in [0.29, 0.717) is 5.92 Å². The van der Waals surface area contributed by atoms with Crippen LogP contribution < -0.4 is 0 Å². The number of rotatable bonds is 0. The Hall–Kier alpha value is -1.12. The molecule has 2 aliphatic rings. The van der Waals surface area contributed by atoms with Crippen LogP contribution in [0.4, 0.5) is 0 Å². The molecule has 0 amide bonds. The van der Waals surface area contributed by atoms with Crippen molar-refractivity contribution >= 4 is 0 Å². The first kappa shape index (κ1) is 5.65. The normalized spacial score (nSPS) is 35.2. The van der Waals surface area contributed by atoms with Crippen molar-refractivity contribution in [1.82, 2.24) is 0 Å². The summed E-state index contributed by atoms with van der Waals surface area (Å²) < 4.78 is 5.17. The molecule has 2 rings (SSSR count). The summed E-state index contributed by atoms with van der Waals surface area (Å²) in [5, 5.41) is 7.48. The maximum absolute atomic E-state index is 5.17. The van der Waals surface area contributed by atoms with Gasteiger partial charge in [0.1, 0.15) is 6.20 Å². The molecule has 0 saturated heterocycles. The van der Waals surface area contributed by atoms with Gasteiger partial charge in [0.2, 0.25) is 6.23 Å². The van der Waals surface area contributed by atoms with E-state index in [-0.39, 0.29) is 6.23 Å². The minimum atomic E-state index is -0.0914. The van der Waals surface area contributed by atoms with Gasteiger partial charge in [-0.15, -0.1) is 5.11 Å². The van der Waals surface area contributed by atoms with Gasteiger partial charge < -0.3 is 4.74 Å². The first-order valence-corrected chi connectivity index (χ1v) is 3.26. The number of hydrogen-bond acceptors (Lipinski definition) is 3. The molecule has 1 radical (unpaired) electrons. The van der Waals surface area contributed by atoms with E-state index in [1.165, 1.54) is 0 Å². The molecule has 2 unspecified atom stereocenters. The molecule has 0 bridgehead atoms. The number of fused-ring (bicyclic) bond motifs is 1. The lowest BCUT2D eigenvalue weighted by atomic mass is 10.0. The number of hydrogen-bond donors (Lipinski definition) is 0. The van der Waals surface area contributed by atoms with Gasteiger partial charge in [0.15, 0.2) is 0 Å². The molecule has 0 aromatic heterocycles. The summed E-state index contributed by atoms with van der Waals surface area (Å²) in [7, 11) is 0. The predicted molar refractivity (Wildman–Crippen MR) is 34.8 cm³/mol. The highest BCUT2D eigenvalue weighted by atomic mass is 16.5. The van der Waals surface area contributed by atoms with Crippen molar-refractivity contribution in [1.29, 1.82) is 0 Å². The summed E-state index contributed by atoms with van der Waals surface area (Å²) in [6, 6.07) is 0. The third-order valence-electron chi connectivity index (χ3n) is 1.61. The van der Waals surface area contributed by atoms with E-state index in [1.54, 1.807) is 6.26 Å². The van der Waals surface area contributed by atoms with Gasteiger partial charge in [-0.1, -0.05) is 0 Å².